The Bertz CT molecular complexity index is 2030. The highest BCUT2D eigenvalue weighted by Crippen LogP contribution is 2.44. The van der Waals surface area contributed by atoms with Crippen molar-refractivity contribution < 1.29 is 14.7 Å². The smallest absolute Gasteiger partial charge is 0.405 e. The molecule has 3 aliphatic heterocycles. The summed E-state index contributed by atoms with van der Waals surface area (Å²) in [6.07, 6.45) is 4.83. The normalized spacial score (nSPS) is 21.2. The Morgan fingerprint density at radius 1 is 0.896 bits per heavy atom. The molecular weight excluding hydrogens is 628 g/mol. The van der Waals surface area contributed by atoms with Crippen LogP contribution in [0.5, 0.6) is 0 Å². The van der Waals surface area contributed by atoms with E-state index in [4.69, 9.17) is 4.98 Å². The van der Waals surface area contributed by atoms with Gasteiger partial charge in [0.2, 0.25) is 5.91 Å². The Morgan fingerprint density at radius 2 is 1.50 bits per heavy atom. The molecular formula is C36H33ClN8O3. The molecule has 0 aliphatic carbocycles. The molecule has 4 atom stereocenters. The number of rotatable bonds is 6. The molecule has 3 aliphatic rings. The number of carbonyl (C=O) groups excluding carboxylic acids is 1. The number of imidazole rings is 2. The zero-order valence-electron chi connectivity index (χ0n) is 25.8. The van der Waals surface area contributed by atoms with Crippen LogP contribution in [0.25, 0.3) is 33.6 Å². The van der Waals surface area contributed by atoms with E-state index in [1.54, 1.807) is 11.1 Å². The zero-order valence-corrected chi connectivity index (χ0v) is 26.6. The number of H-pyrrole nitrogens is 2. The van der Waals surface area contributed by atoms with Crippen molar-refractivity contribution in [1.29, 1.82) is 5.26 Å². The molecule has 8 rings (SSSR count). The molecule has 242 valence electrons. The van der Waals surface area contributed by atoms with Crippen LogP contribution in [0.15, 0.2) is 79.1 Å². The highest BCUT2D eigenvalue weighted by Gasteiger charge is 2.42. The number of aryl methyl sites for hydroxylation is 1. The molecule has 2 amide bonds. The molecule has 0 saturated carbocycles. The molecule has 48 heavy (non-hydrogen) atoms. The summed E-state index contributed by atoms with van der Waals surface area (Å²) in [5.41, 5.74) is 8.96. The van der Waals surface area contributed by atoms with Crippen molar-refractivity contribution in [2.24, 2.45) is 5.92 Å². The molecule has 1 saturated heterocycles. The number of anilines is 1. The van der Waals surface area contributed by atoms with Gasteiger partial charge in [0.1, 0.15) is 17.7 Å². The number of nitrogens with zero attached hydrogens (tertiary/aromatic N) is 4. The summed E-state index contributed by atoms with van der Waals surface area (Å²) in [6, 6.07) is 23.9. The van der Waals surface area contributed by atoms with E-state index in [9.17, 15) is 20.0 Å². The third-order valence-electron chi connectivity index (χ3n) is 9.58. The average Bonchev–Trinajstić information content (AvgIpc) is 3.91. The fraction of sp³-hybridized carbons (Fsp3) is 0.250. The van der Waals surface area contributed by atoms with Crippen LogP contribution in [0.3, 0.4) is 0 Å². The molecule has 0 radical (unpaired) electrons. The summed E-state index contributed by atoms with van der Waals surface area (Å²) < 4.78 is 0. The molecule has 1 fully saturated rings. The van der Waals surface area contributed by atoms with Gasteiger partial charge in [-0.3, -0.25) is 9.69 Å². The van der Waals surface area contributed by atoms with Crippen LogP contribution in [0.2, 0.25) is 0 Å². The summed E-state index contributed by atoms with van der Waals surface area (Å²) in [4.78, 5) is 43.0. The molecule has 0 spiro atoms. The third kappa shape index (κ3) is 5.59. The fourth-order valence-corrected chi connectivity index (χ4v) is 7.17. The summed E-state index contributed by atoms with van der Waals surface area (Å²) in [5.74, 6) is 1.30. The van der Waals surface area contributed by atoms with Crippen molar-refractivity contribution in [3.05, 3.63) is 102 Å². The topological polar surface area (TPSA) is 163 Å². The SMILES string of the molecule is Cl.N#C[C@@H]1CN[C@H](c2ncc(-c3ccc(-c4ccc(-c5cnc([C@@H]6Cc7cccc8c7N6C(=O)[C@@H](NC(=O)O)CC8)[nH]5)cc4)cc3)[nH]2)C1. The van der Waals surface area contributed by atoms with Crippen LogP contribution in [-0.4, -0.2) is 49.6 Å². The molecule has 5 N–H and O–H groups in total. The molecule has 2 aromatic heterocycles. The van der Waals surface area contributed by atoms with Gasteiger partial charge in [0.15, 0.2) is 0 Å². The second-order valence-corrected chi connectivity index (χ2v) is 12.4. The van der Waals surface area contributed by atoms with Gasteiger partial charge in [0, 0.05) is 13.0 Å². The van der Waals surface area contributed by atoms with Gasteiger partial charge in [0.05, 0.1) is 53.5 Å². The number of halogens is 1. The van der Waals surface area contributed by atoms with Gasteiger partial charge in [-0.2, -0.15) is 5.26 Å². The van der Waals surface area contributed by atoms with Crippen LogP contribution < -0.4 is 15.5 Å². The number of aromatic nitrogens is 4. The maximum absolute atomic E-state index is 13.7. The first-order chi connectivity index (χ1) is 22.9. The highest BCUT2D eigenvalue weighted by atomic mass is 35.5. The van der Waals surface area contributed by atoms with Gasteiger partial charge < -0.3 is 25.7 Å². The number of nitrogens with one attached hydrogen (secondary N) is 4. The number of hydrogen-bond acceptors (Lipinski definition) is 6. The second kappa shape index (κ2) is 12.6. The van der Waals surface area contributed by atoms with Crippen LogP contribution in [-0.2, 0) is 17.6 Å². The minimum absolute atomic E-state index is 0. The molecule has 5 aromatic rings. The first-order valence-electron chi connectivity index (χ1n) is 15.8. The number of hydrogen-bond donors (Lipinski definition) is 5. The Morgan fingerprint density at radius 3 is 2.12 bits per heavy atom. The maximum Gasteiger partial charge on any atom is 0.405 e. The summed E-state index contributed by atoms with van der Waals surface area (Å²) in [7, 11) is 0. The van der Waals surface area contributed by atoms with Gasteiger partial charge in [0.25, 0.3) is 0 Å². The molecule has 3 aromatic carbocycles. The van der Waals surface area contributed by atoms with Crippen molar-refractivity contribution in [2.45, 2.75) is 43.8 Å². The van der Waals surface area contributed by atoms with E-state index in [0.29, 0.717) is 31.6 Å². The summed E-state index contributed by atoms with van der Waals surface area (Å²) in [6.45, 7) is 0.691. The van der Waals surface area contributed by atoms with Gasteiger partial charge >= 0.3 is 6.09 Å². The van der Waals surface area contributed by atoms with Crippen LogP contribution in [0, 0.1) is 17.2 Å². The van der Waals surface area contributed by atoms with E-state index in [1.165, 1.54) is 0 Å². The number of carbonyl (C=O) groups is 2. The van der Waals surface area contributed by atoms with Crippen molar-refractivity contribution >= 4 is 30.1 Å². The van der Waals surface area contributed by atoms with E-state index >= 15 is 0 Å². The minimum atomic E-state index is -1.20. The lowest BCUT2D eigenvalue weighted by Gasteiger charge is -2.27. The van der Waals surface area contributed by atoms with E-state index < -0.39 is 12.1 Å². The first kappa shape index (κ1) is 31.2. The quantitative estimate of drug-likeness (QED) is 0.150. The lowest BCUT2D eigenvalue weighted by Crippen LogP contribution is -2.48. The molecule has 12 heteroatoms. The van der Waals surface area contributed by atoms with Gasteiger partial charge in [-0.05, 0) is 52.6 Å². The predicted molar refractivity (Wildman–Crippen MR) is 182 cm³/mol. The zero-order chi connectivity index (χ0) is 32.1. The Hall–Kier alpha value is -5.44. The number of amides is 2. The number of aromatic amines is 2. The highest BCUT2D eigenvalue weighted by molar-refractivity contribution is 6.02. The van der Waals surface area contributed by atoms with E-state index in [0.717, 1.165) is 62.7 Å². The maximum atomic E-state index is 13.7. The molecule has 0 unspecified atom stereocenters. The minimum Gasteiger partial charge on any atom is -0.465 e. The van der Waals surface area contributed by atoms with E-state index in [1.807, 2.05) is 24.4 Å². The monoisotopic (exact) mass is 660 g/mol. The number of benzene rings is 3. The number of nitriles is 1. The van der Waals surface area contributed by atoms with Crippen molar-refractivity contribution in [1.82, 2.24) is 30.6 Å². The van der Waals surface area contributed by atoms with Crippen LogP contribution >= 0.6 is 12.4 Å². The lowest BCUT2D eigenvalue weighted by molar-refractivity contribution is -0.120. The van der Waals surface area contributed by atoms with Gasteiger partial charge in [-0.1, -0.05) is 66.7 Å². The number of para-hydroxylation sites is 1. The summed E-state index contributed by atoms with van der Waals surface area (Å²) in [5, 5.41) is 24.3. The van der Waals surface area contributed by atoms with Crippen molar-refractivity contribution in [3.63, 3.8) is 0 Å². The second-order valence-electron chi connectivity index (χ2n) is 12.4. The molecule has 11 nitrogen and oxygen atoms in total. The summed E-state index contributed by atoms with van der Waals surface area (Å²) >= 11 is 0. The average molecular weight is 661 g/mol. The standard InChI is InChI=1S/C36H32N8O3.ClH/c37-16-20-14-28(38-17-20)33-39-18-29(41-33)23-8-4-21(5-9-23)22-6-10-24(11-7-22)30-19-40-34(42-30)31-15-26-3-1-2-25-12-13-27(43-36(46)47)35(45)44(31)32(25)26;/h1-11,18-20,27-28,31,38,43H,12-15,17H2,(H,39,41)(H,40,42)(H,46,47);1H/t20-,27+,28+,31+;/m1./s1. The molecule has 5 heterocycles. The first-order valence-corrected chi connectivity index (χ1v) is 15.8. The lowest BCUT2D eigenvalue weighted by atomic mass is 10.0. The Kier molecular flexibility index (Phi) is 8.21. The number of carboxylic acid groups (broad SMARTS) is 1. The van der Waals surface area contributed by atoms with Crippen LogP contribution in [0.1, 0.15) is 47.7 Å². The van der Waals surface area contributed by atoms with Crippen LogP contribution in [0.4, 0.5) is 10.5 Å². The van der Waals surface area contributed by atoms with Gasteiger partial charge in [-0.15, -0.1) is 12.4 Å². The van der Waals surface area contributed by atoms with Gasteiger partial charge in [-0.25, -0.2) is 14.8 Å². The predicted octanol–water partition coefficient (Wildman–Crippen LogP) is 5.94. The van der Waals surface area contributed by atoms with Crippen molar-refractivity contribution in [3.8, 4) is 39.7 Å². The fourth-order valence-electron chi connectivity index (χ4n) is 7.17. The Balaban J connectivity index is 0.00000364. The largest absolute Gasteiger partial charge is 0.465 e. The Labute approximate surface area is 282 Å². The molecule has 0 bridgehead atoms. The van der Waals surface area contributed by atoms with E-state index in [2.05, 4.69) is 80.2 Å². The third-order valence-corrected chi connectivity index (χ3v) is 9.58. The van der Waals surface area contributed by atoms with Crippen molar-refractivity contribution in [2.75, 3.05) is 11.4 Å². The van der Waals surface area contributed by atoms with E-state index in [-0.39, 0.29) is 36.3 Å².